The lowest BCUT2D eigenvalue weighted by atomic mass is 10.1. The van der Waals surface area contributed by atoms with E-state index in [0.29, 0.717) is 20.7 Å². The van der Waals surface area contributed by atoms with Crippen LogP contribution in [0.5, 0.6) is 11.5 Å². The molecule has 34 heavy (non-hydrogen) atoms. The van der Waals surface area contributed by atoms with Crippen LogP contribution < -0.4 is 14.4 Å². The number of nitro benzene ring substituents is 1. The van der Waals surface area contributed by atoms with Crippen LogP contribution in [0.15, 0.2) is 71.6 Å². The fourth-order valence-electron chi connectivity index (χ4n) is 3.25. The number of para-hydroxylation sites is 1. The fraction of sp³-hybridized carbons (Fsp3) is 0.0833. The third-order valence-electron chi connectivity index (χ3n) is 4.89. The van der Waals surface area contributed by atoms with Gasteiger partial charge in [-0.05, 0) is 76.2 Å². The molecular formula is C24H17IN2O5S2. The number of non-ortho nitro benzene ring substituents is 1. The number of amides is 1. The molecule has 1 amide bonds. The van der Waals surface area contributed by atoms with E-state index in [9.17, 15) is 14.9 Å². The molecule has 3 aromatic rings. The van der Waals surface area contributed by atoms with Crippen molar-refractivity contribution in [3.8, 4) is 11.5 Å². The van der Waals surface area contributed by atoms with E-state index in [1.165, 1.54) is 28.8 Å². The number of carbonyl (C=O) groups is 1. The molecule has 0 spiro atoms. The van der Waals surface area contributed by atoms with Gasteiger partial charge in [-0.2, -0.15) is 0 Å². The van der Waals surface area contributed by atoms with Crippen molar-refractivity contribution < 1.29 is 19.2 Å². The number of ether oxygens (including phenoxy) is 2. The molecular weight excluding hydrogens is 587 g/mol. The first-order valence-corrected chi connectivity index (χ1v) is 12.2. The van der Waals surface area contributed by atoms with Crippen molar-refractivity contribution in [2.75, 3.05) is 12.0 Å². The molecule has 0 saturated carbocycles. The number of thiocarbonyl (C=S) groups is 1. The second-order valence-corrected chi connectivity index (χ2v) is 9.94. The van der Waals surface area contributed by atoms with Crippen LogP contribution in [0.1, 0.15) is 11.1 Å². The van der Waals surface area contributed by atoms with E-state index in [1.54, 1.807) is 31.4 Å². The van der Waals surface area contributed by atoms with Gasteiger partial charge in [0.1, 0.15) is 6.61 Å². The molecule has 10 heteroatoms. The summed E-state index contributed by atoms with van der Waals surface area (Å²) in [5.74, 6) is 0.891. The normalized spacial score (nSPS) is 14.5. The minimum Gasteiger partial charge on any atom is -0.493 e. The predicted octanol–water partition coefficient (Wildman–Crippen LogP) is 6.19. The maximum absolute atomic E-state index is 13.0. The van der Waals surface area contributed by atoms with Crippen LogP contribution in [0.2, 0.25) is 0 Å². The molecule has 0 bridgehead atoms. The molecule has 7 nitrogen and oxygen atoms in total. The standard InChI is InChI=1S/C24H17IN2O5S2/c1-31-20-12-16(13-21-23(28)26(24(33)34-21)17-5-3-2-4-6-17)11-19(25)22(20)32-14-15-7-9-18(10-8-15)27(29)30/h2-13H,14H2,1H3/b21-13+. The van der Waals surface area contributed by atoms with E-state index in [2.05, 4.69) is 22.6 Å². The van der Waals surface area contributed by atoms with Crippen LogP contribution >= 0.6 is 46.6 Å². The molecule has 0 N–H and O–H groups in total. The third-order valence-corrected chi connectivity index (χ3v) is 6.99. The van der Waals surface area contributed by atoms with Crippen LogP contribution in [0, 0.1) is 13.7 Å². The van der Waals surface area contributed by atoms with Crippen LogP contribution in [-0.4, -0.2) is 22.3 Å². The van der Waals surface area contributed by atoms with Crippen molar-refractivity contribution >= 4 is 74.2 Å². The fourth-order valence-corrected chi connectivity index (χ4v) is 5.33. The lowest BCUT2D eigenvalue weighted by Gasteiger charge is -2.14. The molecule has 1 fully saturated rings. The molecule has 0 radical (unpaired) electrons. The van der Waals surface area contributed by atoms with Crippen LogP contribution in [0.25, 0.3) is 6.08 Å². The topological polar surface area (TPSA) is 81.9 Å². The molecule has 172 valence electrons. The SMILES string of the molecule is COc1cc(/C=C2/SC(=S)N(c3ccccc3)C2=O)cc(I)c1OCc1ccc([N+](=O)[O-])cc1. The van der Waals surface area contributed by atoms with Crippen LogP contribution in [-0.2, 0) is 11.4 Å². The minimum absolute atomic E-state index is 0.0259. The van der Waals surface area contributed by atoms with Gasteiger partial charge in [0.05, 0.1) is 26.2 Å². The molecule has 3 aromatic carbocycles. The second-order valence-electron chi connectivity index (χ2n) is 7.10. The number of hydrogen-bond donors (Lipinski definition) is 0. The Labute approximate surface area is 219 Å². The minimum atomic E-state index is -0.441. The number of methoxy groups -OCH3 is 1. The summed E-state index contributed by atoms with van der Waals surface area (Å²) in [7, 11) is 1.54. The van der Waals surface area contributed by atoms with E-state index in [1.807, 2.05) is 36.4 Å². The van der Waals surface area contributed by atoms with Gasteiger partial charge in [-0.1, -0.05) is 42.2 Å². The number of nitrogens with zero attached hydrogens (tertiary/aromatic N) is 2. The van der Waals surface area contributed by atoms with Gasteiger partial charge in [0.15, 0.2) is 15.8 Å². The third kappa shape index (κ3) is 5.24. The largest absolute Gasteiger partial charge is 0.493 e. The Morgan fingerprint density at radius 1 is 1.15 bits per heavy atom. The van der Waals surface area contributed by atoms with Crippen LogP contribution in [0.3, 0.4) is 0 Å². The highest BCUT2D eigenvalue weighted by atomic mass is 127. The van der Waals surface area contributed by atoms with E-state index in [4.69, 9.17) is 21.7 Å². The van der Waals surface area contributed by atoms with Gasteiger partial charge in [-0.3, -0.25) is 19.8 Å². The summed E-state index contributed by atoms with van der Waals surface area (Å²) in [4.78, 5) is 25.4. The van der Waals surface area contributed by atoms with Gasteiger partial charge in [0.25, 0.3) is 11.6 Å². The number of thioether (sulfide) groups is 1. The molecule has 0 aliphatic carbocycles. The summed E-state index contributed by atoms with van der Waals surface area (Å²) in [6.07, 6.45) is 1.78. The maximum Gasteiger partial charge on any atom is 0.270 e. The Hall–Kier alpha value is -2.96. The second kappa shape index (κ2) is 10.5. The van der Waals surface area contributed by atoms with E-state index < -0.39 is 4.92 Å². The lowest BCUT2D eigenvalue weighted by Crippen LogP contribution is -2.27. The maximum atomic E-state index is 13.0. The lowest BCUT2D eigenvalue weighted by molar-refractivity contribution is -0.384. The Kier molecular flexibility index (Phi) is 7.49. The highest BCUT2D eigenvalue weighted by Gasteiger charge is 2.33. The average Bonchev–Trinajstić information content (AvgIpc) is 3.11. The first-order chi connectivity index (χ1) is 16.4. The predicted molar refractivity (Wildman–Crippen MR) is 145 cm³/mol. The van der Waals surface area contributed by atoms with E-state index in [-0.39, 0.29) is 18.2 Å². The molecule has 1 aliphatic rings. The first kappa shape index (κ1) is 24.2. The van der Waals surface area contributed by atoms with Gasteiger partial charge >= 0.3 is 0 Å². The molecule has 4 rings (SSSR count). The van der Waals surface area contributed by atoms with E-state index in [0.717, 1.165) is 20.4 Å². The van der Waals surface area contributed by atoms with Gasteiger partial charge in [-0.15, -0.1) is 0 Å². The number of hydrogen-bond acceptors (Lipinski definition) is 7. The Balaban J connectivity index is 1.55. The molecule has 0 unspecified atom stereocenters. The summed E-state index contributed by atoms with van der Waals surface area (Å²) >= 11 is 8.84. The quantitative estimate of drug-likeness (QED) is 0.105. The van der Waals surface area contributed by atoms with Gasteiger partial charge in [0, 0.05) is 12.1 Å². The highest BCUT2D eigenvalue weighted by Crippen LogP contribution is 2.39. The molecule has 0 aromatic heterocycles. The summed E-state index contributed by atoms with van der Waals surface area (Å²) in [5, 5.41) is 10.8. The molecule has 1 aliphatic heterocycles. The van der Waals surface area contributed by atoms with Crippen molar-refractivity contribution in [3.63, 3.8) is 0 Å². The summed E-state index contributed by atoms with van der Waals surface area (Å²) in [6, 6.07) is 19.2. The van der Waals surface area contributed by atoms with Crippen molar-refractivity contribution in [3.05, 3.63) is 96.4 Å². The Morgan fingerprint density at radius 3 is 2.50 bits per heavy atom. The number of benzene rings is 3. The zero-order chi connectivity index (χ0) is 24.2. The zero-order valence-electron chi connectivity index (χ0n) is 17.8. The number of carbonyl (C=O) groups excluding carboxylic acids is 1. The smallest absolute Gasteiger partial charge is 0.270 e. The van der Waals surface area contributed by atoms with Crippen LogP contribution in [0.4, 0.5) is 11.4 Å². The van der Waals surface area contributed by atoms with Gasteiger partial charge in [0.2, 0.25) is 0 Å². The van der Waals surface area contributed by atoms with Crippen molar-refractivity contribution in [1.82, 2.24) is 0 Å². The van der Waals surface area contributed by atoms with Crippen molar-refractivity contribution in [2.45, 2.75) is 6.61 Å². The van der Waals surface area contributed by atoms with Crippen molar-refractivity contribution in [1.29, 1.82) is 0 Å². The van der Waals surface area contributed by atoms with Gasteiger partial charge in [-0.25, -0.2) is 0 Å². The monoisotopic (exact) mass is 604 g/mol. The summed E-state index contributed by atoms with van der Waals surface area (Å²) in [6.45, 7) is 0.222. The Bertz CT molecular complexity index is 1300. The Morgan fingerprint density at radius 2 is 1.85 bits per heavy atom. The summed E-state index contributed by atoms with van der Waals surface area (Å²) < 4.78 is 12.8. The number of anilines is 1. The average molecular weight is 604 g/mol. The molecule has 0 atom stereocenters. The summed E-state index contributed by atoms with van der Waals surface area (Å²) in [5.41, 5.74) is 2.32. The number of nitro groups is 1. The number of rotatable bonds is 7. The van der Waals surface area contributed by atoms with Crippen molar-refractivity contribution in [2.24, 2.45) is 0 Å². The molecule has 1 heterocycles. The zero-order valence-corrected chi connectivity index (χ0v) is 21.6. The molecule has 1 saturated heterocycles. The van der Waals surface area contributed by atoms with E-state index >= 15 is 0 Å². The highest BCUT2D eigenvalue weighted by molar-refractivity contribution is 14.1. The number of halogens is 1. The first-order valence-electron chi connectivity index (χ1n) is 9.94. The van der Waals surface area contributed by atoms with Gasteiger partial charge < -0.3 is 9.47 Å².